The Kier molecular flexibility index (Phi) is 8.27. The molecular weight excluding hydrogens is 380 g/mol. The molecule has 6 nitrogen and oxygen atoms in total. The van der Waals surface area contributed by atoms with Crippen LogP contribution < -0.4 is 15.0 Å². The smallest absolute Gasteiger partial charge is 0.227 e. The molecule has 1 aliphatic heterocycles. The fourth-order valence-electron chi connectivity index (χ4n) is 3.55. The second-order valence-electron chi connectivity index (χ2n) is 7.28. The van der Waals surface area contributed by atoms with Crippen molar-refractivity contribution in [3.8, 4) is 5.75 Å². The second-order valence-corrected chi connectivity index (χ2v) is 7.28. The van der Waals surface area contributed by atoms with Crippen molar-refractivity contribution in [2.75, 3.05) is 36.5 Å². The van der Waals surface area contributed by atoms with E-state index in [1.165, 1.54) is 0 Å². The standard InChI is InChI=1S/C24H30N2O4/c1-2-29-21(18-27)17-19-10-12-20(13-11-19)25-14-6-5-9-24(28)26-15-16-30-23-8-4-3-7-22(23)26/h3-4,7-8,10-13,18,21,25H,2,5-6,9,14-17H2,1H3. The van der Waals surface area contributed by atoms with Crippen LogP contribution in [0.3, 0.4) is 0 Å². The fraction of sp³-hybridized carbons (Fsp3) is 0.417. The normalized spacial score (nSPS) is 13.8. The van der Waals surface area contributed by atoms with Crippen LogP contribution in [0, 0.1) is 0 Å². The topological polar surface area (TPSA) is 67.9 Å². The first-order chi connectivity index (χ1) is 14.7. The Hall–Kier alpha value is -2.86. The number of benzene rings is 2. The Labute approximate surface area is 178 Å². The van der Waals surface area contributed by atoms with Gasteiger partial charge in [-0.1, -0.05) is 24.3 Å². The number of nitrogens with zero attached hydrogens (tertiary/aromatic N) is 1. The molecule has 0 aromatic heterocycles. The summed E-state index contributed by atoms with van der Waals surface area (Å²) in [6.45, 7) is 4.37. The van der Waals surface area contributed by atoms with E-state index >= 15 is 0 Å². The van der Waals surface area contributed by atoms with Crippen LogP contribution in [0.5, 0.6) is 5.75 Å². The second kappa shape index (κ2) is 11.4. The van der Waals surface area contributed by atoms with Gasteiger partial charge in [0.25, 0.3) is 0 Å². The molecule has 2 aromatic rings. The number of ether oxygens (including phenoxy) is 2. The summed E-state index contributed by atoms with van der Waals surface area (Å²) in [4.78, 5) is 25.4. The van der Waals surface area contributed by atoms with Gasteiger partial charge >= 0.3 is 0 Å². The Balaban J connectivity index is 1.37. The van der Waals surface area contributed by atoms with Crippen LogP contribution in [-0.2, 0) is 20.7 Å². The molecule has 2 aromatic carbocycles. The molecule has 6 heteroatoms. The quantitative estimate of drug-likeness (QED) is 0.450. The molecule has 160 valence electrons. The SMILES string of the molecule is CCOC(C=O)Cc1ccc(NCCCCC(=O)N2CCOc3ccccc32)cc1. The van der Waals surface area contributed by atoms with E-state index in [0.29, 0.717) is 32.6 Å². The molecule has 30 heavy (non-hydrogen) atoms. The average Bonchev–Trinajstić information content (AvgIpc) is 2.79. The van der Waals surface area contributed by atoms with Crippen LogP contribution in [0.25, 0.3) is 0 Å². The van der Waals surface area contributed by atoms with E-state index in [0.717, 1.165) is 48.4 Å². The van der Waals surface area contributed by atoms with E-state index in [1.54, 1.807) is 0 Å². The summed E-state index contributed by atoms with van der Waals surface area (Å²) in [7, 11) is 0. The highest BCUT2D eigenvalue weighted by atomic mass is 16.5. The van der Waals surface area contributed by atoms with Gasteiger partial charge in [0, 0.05) is 31.7 Å². The highest BCUT2D eigenvalue weighted by molar-refractivity contribution is 5.95. The lowest BCUT2D eigenvalue weighted by atomic mass is 10.1. The number of para-hydroxylation sites is 2. The number of aldehydes is 1. The number of hydrogen-bond donors (Lipinski definition) is 1. The molecular formula is C24H30N2O4. The van der Waals surface area contributed by atoms with Crippen molar-refractivity contribution in [2.24, 2.45) is 0 Å². The fourth-order valence-corrected chi connectivity index (χ4v) is 3.55. The number of carbonyl (C=O) groups is 2. The minimum Gasteiger partial charge on any atom is -0.490 e. The lowest BCUT2D eigenvalue weighted by Crippen LogP contribution is -2.37. The van der Waals surface area contributed by atoms with Gasteiger partial charge in [-0.05, 0) is 49.6 Å². The highest BCUT2D eigenvalue weighted by Crippen LogP contribution is 2.31. The molecule has 1 amide bonds. The van der Waals surface area contributed by atoms with Crippen molar-refractivity contribution in [3.63, 3.8) is 0 Å². The van der Waals surface area contributed by atoms with Crippen molar-refractivity contribution in [2.45, 2.75) is 38.7 Å². The van der Waals surface area contributed by atoms with Gasteiger partial charge in [0.1, 0.15) is 24.7 Å². The van der Waals surface area contributed by atoms with Gasteiger partial charge in [0.2, 0.25) is 5.91 Å². The van der Waals surface area contributed by atoms with Crippen molar-refractivity contribution in [3.05, 3.63) is 54.1 Å². The largest absolute Gasteiger partial charge is 0.490 e. The summed E-state index contributed by atoms with van der Waals surface area (Å²) in [6, 6.07) is 15.7. The predicted octanol–water partition coefficient (Wildman–Crippen LogP) is 3.84. The number of fused-ring (bicyclic) bond motifs is 1. The summed E-state index contributed by atoms with van der Waals surface area (Å²) in [5.74, 6) is 0.928. The van der Waals surface area contributed by atoms with E-state index in [9.17, 15) is 9.59 Å². The minimum absolute atomic E-state index is 0.147. The maximum absolute atomic E-state index is 12.6. The van der Waals surface area contributed by atoms with Crippen LogP contribution in [-0.4, -0.2) is 44.6 Å². The van der Waals surface area contributed by atoms with Crippen LogP contribution in [0.2, 0.25) is 0 Å². The molecule has 0 fully saturated rings. The molecule has 1 heterocycles. The molecule has 1 atom stereocenters. The third-order valence-corrected chi connectivity index (χ3v) is 5.10. The molecule has 1 unspecified atom stereocenters. The van der Waals surface area contributed by atoms with Gasteiger partial charge in [-0.3, -0.25) is 4.79 Å². The first kappa shape index (κ1) is 21.8. The number of carbonyl (C=O) groups excluding carboxylic acids is 2. The van der Waals surface area contributed by atoms with E-state index in [1.807, 2.05) is 60.4 Å². The summed E-state index contributed by atoms with van der Waals surface area (Å²) >= 11 is 0. The summed E-state index contributed by atoms with van der Waals surface area (Å²) in [6.07, 6.45) is 3.33. The number of amides is 1. The molecule has 1 N–H and O–H groups in total. The van der Waals surface area contributed by atoms with Crippen LogP contribution >= 0.6 is 0 Å². The van der Waals surface area contributed by atoms with Gasteiger partial charge in [-0.25, -0.2) is 0 Å². The molecule has 0 saturated heterocycles. The van der Waals surface area contributed by atoms with E-state index in [-0.39, 0.29) is 12.0 Å². The third-order valence-electron chi connectivity index (χ3n) is 5.10. The van der Waals surface area contributed by atoms with Gasteiger partial charge in [-0.15, -0.1) is 0 Å². The monoisotopic (exact) mass is 410 g/mol. The molecule has 1 aliphatic rings. The number of anilines is 2. The van der Waals surface area contributed by atoms with Crippen LogP contribution in [0.1, 0.15) is 31.7 Å². The number of nitrogens with one attached hydrogen (secondary N) is 1. The number of unbranched alkanes of at least 4 members (excludes halogenated alkanes) is 1. The highest BCUT2D eigenvalue weighted by Gasteiger charge is 2.22. The molecule has 0 spiro atoms. The van der Waals surface area contributed by atoms with E-state index in [4.69, 9.17) is 9.47 Å². The van der Waals surface area contributed by atoms with Gasteiger partial charge < -0.3 is 24.5 Å². The molecule has 0 radical (unpaired) electrons. The summed E-state index contributed by atoms with van der Waals surface area (Å²) in [5, 5.41) is 3.39. The molecule has 0 aliphatic carbocycles. The predicted molar refractivity (Wildman–Crippen MR) is 118 cm³/mol. The Morgan fingerprint density at radius 3 is 2.77 bits per heavy atom. The zero-order valence-electron chi connectivity index (χ0n) is 17.5. The van der Waals surface area contributed by atoms with E-state index < -0.39 is 0 Å². The van der Waals surface area contributed by atoms with Gasteiger partial charge in [-0.2, -0.15) is 0 Å². The zero-order valence-corrected chi connectivity index (χ0v) is 17.5. The van der Waals surface area contributed by atoms with Crippen LogP contribution in [0.15, 0.2) is 48.5 Å². The van der Waals surface area contributed by atoms with Crippen LogP contribution in [0.4, 0.5) is 11.4 Å². The summed E-state index contributed by atoms with van der Waals surface area (Å²) in [5.41, 5.74) is 2.97. The lowest BCUT2D eigenvalue weighted by Gasteiger charge is -2.29. The third kappa shape index (κ3) is 6.07. The Morgan fingerprint density at radius 2 is 2.00 bits per heavy atom. The Morgan fingerprint density at radius 1 is 1.20 bits per heavy atom. The zero-order chi connectivity index (χ0) is 21.2. The lowest BCUT2D eigenvalue weighted by molar-refractivity contribution is -0.119. The van der Waals surface area contributed by atoms with Crippen molar-refractivity contribution in [1.29, 1.82) is 0 Å². The molecule has 0 saturated carbocycles. The molecule has 0 bridgehead atoms. The minimum atomic E-state index is -0.384. The first-order valence-electron chi connectivity index (χ1n) is 10.6. The van der Waals surface area contributed by atoms with Crippen molar-refractivity contribution >= 4 is 23.6 Å². The first-order valence-corrected chi connectivity index (χ1v) is 10.6. The maximum atomic E-state index is 12.6. The van der Waals surface area contributed by atoms with Gasteiger partial charge in [0.15, 0.2) is 0 Å². The van der Waals surface area contributed by atoms with Crippen molar-refractivity contribution in [1.82, 2.24) is 0 Å². The average molecular weight is 411 g/mol. The summed E-state index contributed by atoms with van der Waals surface area (Å²) < 4.78 is 11.0. The van der Waals surface area contributed by atoms with Gasteiger partial charge in [0.05, 0.1) is 12.2 Å². The van der Waals surface area contributed by atoms with E-state index in [2.05, 4.69) is 5.32 Å². The Bertz CT molecular complexity index is 822. The van der Waals surface area contributed by atoms with Crippen molar-refractivity contribution < 1.29 is 19.1 Å². The number of hydrogen-bond acceptors (Lipinski definition) is 5. The number of rotatable bonds is 11. The maximum Gasteiger partial charge on any atom is 0.227 e. The molecule has 3 rings (SSSR count).